The van der Waals surface area contributed by atoms with Gasteiger partial charge in [0.15, 0.2) is 0 Å². The summed E-state index contributed by atoms with van der Waals surface area (Å²) in [6.07, 6.45) is 2.32. The first-order chi connectivity index (χ1) is 9.61. The summed E-state index contributed by atoms with van der Waals surface area (Å²) in [5.41, 5.74) is 2.68. The second-order valence-corrected chi connectivity index (χ2v) is 5.92. The summed E-state index contributed by atoms with van der Waals surface area (Å²) < 4.78 is 40.1. The number of allylic oxidation sites excluding steroid dienone is 4. The van der Waals surface area contributed by atoms with Crippen molar-refractivity contribution in [3.05, 3.63) is 58.4 Å². The van der Waals surface area contributed by atoms with Gasteiger partial charge in [0.2, 0.25) is 0 Å². The van der Waals surface area contributed by atoms with Crippen molar-refractivity contribution < 1.29 is 13.2 Å². The zero-order valence-electron chi connectivity index (χ0n) is 13.3. The van der Waals surface area contributed by atoms with E-state index in [-0.39, 0.29) is 17.3 Å². The van der Waals surface area contributed by atoms with Crippen molar-refractivity contribution in [2.45, 2.75) is 52.9 Å². The fraction of sp³-hybridized carbons (Fsp3) is 0.444. The first-order valence-electron chi connectivity index (χ1n) is 7.09. The maximum absolute atomic E-state index is 13.6. The van der Waals surface area contributed by atoms with Crippen LogP contribution in [-0.2, 0) is 0 Å². The number of hydrogen-bond donors (Lipinski definition) is 0. The normalized spacial score (nSPS) is 14.5. The number of alkyl halides is 2. The van der Waals surface area contributed by atoms with E-state index in [0.29, 0.717) is 12.0 Å². The van der Waals surface area contributed by atoms with Crippen molar-refractivity contribution in [2.75, 3.05) is 0 Å². The Morgan fingerprint density at radius 1 is 1.14 bits per heavy atom. The van der Waals surface area contributed by atoms with Gasteiger partial charge in [0, 0.05) is 6.92 Å². The van der Waals surface area contributed by atoms with Gasteiger partial charge >= 0.3 is 0 Å². The Balaban J connectivity index is 3.08. The van der Waals surface area contributed by atoms with Crippen molar-refractivity contribution in [2.24, 2.45) is 0 Å². The third kappa shape index (κ3) is 5.41. The van der Waals surface area contributed by atoms with Crippen LogP contribution in [0.4, 0.5) is 13.2 Å². The first kappa shape index (κ1) is 17.5. The van der Waals surface area contributed by atoms with E-state index in [1.807, 2.05) is 26.8 Å². The lowest BCUT2D eigenvalue weighted by atomic mass is 9.89. The van der Waals surface area contributed by atoms with Crippen molar-refractivity contribution >= 4 is 0 Å². The Bertz CT molecular complexity index is 527. The second kappa shape index (κ2) is 6.97. The molecule has 0 amide bonds. The van der Waals surface area contributed by atoms with Crippen LogP contribution in [0.1, 0.15) is 52.5 Å². The Morgan fingerprint density at radius 2 is 1.67 bits per heavy atom. The zero-order chi connectivity index (χ0) is 16.2. The lowest BCUT2D eigenvalue weighted by Gasteiger charge is -2.19. The molecule has 1 rings (SSSR count). The van der Waals surface area contributed by atoms with Crippen LogP contribution in [0, 0.1) is 5.82 Å². The molecule has 0 N–H and O–H groups in total. The molecule has 1 aromatic rings. The molecule has 0 bridgehead atoms. The van der Waals surface area contributed by atoms with E-state index in [9.17, 15) is 13.2 Å². The summed E-state index contributed by atoms with van der Waals surface area (Å²) in [7, 11) is 0. The van der Waals surface area contributed by atoms with Gasteiger partial charge in [-0.3, -0.25) is 0 Å². The van der Waals surface area contributed by atoms with Crippen molar-refractivity contribution in [3.63, 3.8) is 0 Å². The van der Waals surface area contributed by atoms with Gasteiger partial charge in [0.25, 0.3) is 5.92 Å². The Labute approximate surface area is 125 Å². The topological polar surface area (TPSA) is 0 Å². The van der Waals surface area contributed by atoms with Crippen LogP contribution < -0.4 is 0 Å². The van der Waals surface area contributed by atoms with Gasteiger partial charge in [0.05, 0.1) is 0 Å². The lowest BCUT2D eigenvalue weighted by Crippen LogP contribution is -2.14. The average Bonchev–Trinajstić information content (AvgIpc) is 2.36. The number of hydrogen-bond acceptors (Lipinski definition) is 0. The Kier molecular flexibility index (Phi) is 5.82. The number of halogens is 3. The summed E-state index contributed by atoms with van der Waals surface area (Å²) in [5, 5.41) is 0. The second-order valence-electron chi connectivity index (χ2n) is 5.92. The molecule has 1 unspecified atom stereocenters. The van der Waals surface area contributed by atoms with Gasteiger partial charge in [-0.2, -0.15) is 0 Å². The molecule has 116 valence electrons. The van der Waals surface area contributed by atoms with Gasteiger partial charge in [0.1, 0.15) is 5.82 Å². The fourth-order valence-electron chi connectivity index (χ4n) is 2.19. The van der Waals surface area contributed by atoms with E-state index in [0.717, 1.165) is 18.1 Å². The van der Waals surface area contributed by atoms with E-state index in [2.05, 4.69) is 0 Å². The highest BCUT2D eigenvalue weighted by Crippen LogP contribution is 2.32. The van der Waals surface area contributed by atoms with E-state index in [1.165, 1.54) is 19.1 Å². The van der Waals surface area contributed by atoms with Crippen LogP contribution in [0.25, 0.3) is 0 Å². The lowest BCUT2D eigenvalue weighted by molar-refractivity contribution is 0.0623. The monoisotopic (exact) mass is 296 g/mol. The van der Waals surface area contributed by atoms with Gasteiger partial charge in [-0.05, 0) is 62.0 Å². The largest absolute Gasteiger partial charge is 0.266 e. The van der Waals surface area contributed by atoms with E-state index >= 15 is 0 Å². The molecular weight excluding hydrogens is 273 g/mol. The molecule has 1 atom stereocenters. The van der Waals surface area contributed by atoms with Crippen LogP contribution >= 0.6 is 0 Å². The zero-order valence-corrected chi connectivity index (χ0v) is 13.3. The molecule has 21 heavy (non-hydrogen) atoms. The van der Waals surface area contributed by atoms with Crippen LogP contribution in [0.3, 0.4) is 0 Å². The summed E-state index contributed by atoms with van der Waals surface area (Å²) >= 11 is 0. The predicted molar refractivity (Wildman–Crippen MR) is 82.2 cm³/mol. The van der Waals surface area contributed by atoms with Crippen LogP contribution in [0.2, 0.25) is 0 Å². The van der Waals surface area contributed by atoms with Crippen molar-refractivity contribution in [3.8, 4) is 0 Å². The van der Waals surface area contributed by atoms with Crippen LogP contribution in [0.5, 0.6) is 0 Å². The standard InChI is InChI=1S/C18H23F3/c1-12(2)10-16(14(4)18(5,20)21)11-13(3)15-6-8-17(19)9-7-15/h6-10,13H,11H2,1-5H3. The molecule has 0 saturated carbocycles. The van der Waals surface area contributed by atoms with Crippen molar-refractivity contribution in [1.29, 1.82) is 0 Å². The minimum atomic E-state index is -2.83. The molecule has 0 aliphatic rings. The minimum absolute atomic E-state index is 0.0495. The summed E-state index contributed by atoms with van der Waals surface area (Å²) in [6, 6.07) is 6.22. The maximum Gasteiger partial charge on any atom is 0.266 e. The number of benzene rings is 1. The first-order valence-corrected chi connectivity index (χ1v) is 7.09. The molecule has 0 aliphatic carbocycles. The SMILES string of the molecule is CC(C)=CC(CC(C)c1ccc(F)cc1)=C(C)C(C)(F)F. The fourth-order valence-corrected chi connectivity index (χ4v) is 2.19. The Hall–Kier alpha value is -1.51. The molecule has 0 fully saturated rings. The van der Waals surface area contributed by atoms with Gasteiger partial charge in [-0.1, -0.05) is 30.7 Å². The molecule has 0 aliphatic heterocycles. The molecule has 0 aromatic heterocycles. The van der Waals surface area contributed by atoms with E-state index in [4.69, 9.17) is 0 Å². The van der Waals surface area contributed by atoms with Gasteiger partial charge in [-0.25, -0.2) is 13.2 Å². The number of rotatable bonds is 5. The highest BCUT2D eigenvalue weighted by atomic mass is 19.3. The van der Waals surface area contributed by atoms with E-state index in [1.54, 1.807) is 12.1 Å². The molecule has 0 radical (unpaired) electrons. The molecule has 0 spiro atoms. The summed E-state index contributed by atoms with van der Waals surface area (Å²) in [5.74, 6) is -3.07. The van der Waals surface area contributed by atoms with Crippen molar-refractivity contribution in [1.82, 2.24) is 0 Å². The molecule has 0 nitrogen and oxygen atoms in total. The molecular formula is C18H23F3. The predicted octanol–water partition coefficient (Wildman–Crippen LogP) is 6.26. The minimum Gasteiger partial charge on any atom is -0.207 e. The molecule has 0 saturated heterocycles. The highest BCUT2D eigenvalue weighted by Gasteiger charge is 2.26. The smallest absolute Gasteiger partial charge is 0.207 e. The summed E-state index contributed by atoms with van der Waals surface area (Å²) in [4.78, 5) is 0. The van der Waals surface area contributed by atoms with Gasteiger partial charge < -0.3 is 0 Å². The van der Waals surface area contributed by atoms with Crippen LogP contribution in [0.15, 0.2) is 47.1 Å². The molecule has 3 heteroatoms. The van der Waals surface area contributed by atoms with Crippen LogP contribution in [-0.4, -0.2) is 5.92 Å². The maximum atomic E-state index is 13.6. The summed E-state index contributed by atoms with van der Waals surface area (Å²) in [6.45, 7) is 8.15. The van der Waals surface area contributed by atoms with Gasteiger partial charge in [-0.15, -0.1) is 0 Å². The third-order valence-electron chi connectivity index (χ3n) is 3.57. The highest BCUT2D eigenvalue weighted by molar-refractivity contribution is 5.33. The van der Waals surface area contributed by atoms with E-state index < -0.39 is 5.92 Å². The molecule has 1 aromatic carbocycles. The Morgan fingerprint density at radius 3 is 2.10 bits per heavy atom. The third-order valence-corrected chi connectivity index (χ3v) is 3.57. The molecule has 0 heterocycles. The quantitative estimate of drug-likeness (QED) is 0.563. The average molecular weight is 296 g/mol.